The van der Waals surface area contributed by atoms with E-state index in [9.17, 15) is 39.5 Å². The molecule has 0 heterocycles. The van der Waals surface area contributed by atoms with Crippen LogP contribution in [0.3, 0.4) is 0 Å². The molecule has 0 saturated carbocycles. The van der Waals surface area contributed by atoms with Gasteiger partial charge < -0.3 is 4.74 Å². The zero-order valence-electron chi connectivity index (χ0n) is 15.7. The van der Waals surface area contributed by atoms with Crippen LogP contribution in [-0.4, -0.2) is 36.7 Å². The van der Waals surface area contributed by atoms with Gasteiger partial charge in [-0.05, 0) is 26.8 Å². The van der Waals surface area contributed by atoms with Gasteiger partial charge in [-0.15, -0.1) is 0 Å². The van der Waals surface area contributed by atoms with E-state index in [2.05, 4.69) is 0 Å². The number of benzene rings is 1. The molecule has 0 spiro atoms. The molecule has 0 aliphatic heterocycles. The van der Waals surface area contributed by atoms with Crippen LogP contribution in [0.2, 0.25) is 0 Å². The van der Waals surface area contributed by atoms with Crippen molar-refractivity contribution in [1.82, 2.24) is 0 Å². The smallest absolute Gasteiger partial charge is 0.460 e. The first-order valence-electron chi connectivity index (χ1n) is 8.05. The Morgan fingerprint density at radius 3 is 1.79 bits per heavy atom. The van der Waals surface area contributed by atoms with Gasteiger partial charge in [-0.1, -0.05) is 18.2 Å². The lowest BCUT2D eigenvalue weighted by atomic mass is 9.95. The molecule has 29 heavy (non-hydrogen) atoms. The van der Waals surface area contributed by atoms with E-state index in [1.807, 2.05) is 0 Å². The molecule has 1 aromatic rings. The average Bonchev–Trinajstić information content (AvgIpc) is 2.56. The second-order valence-corrected chi connectivity index (χ2v) is 7.08. The van der Waals surface area contributed by atoms with Gasteiger partial charge in [0.05, 0.1) is 19.1 Å². The molecule has 0 aliphatic rings. The van der Waals surface area contributed by atoms with Crippen molar-refractivity contribution in [3.05, 3.63) is 29.8 Å². The van der Waals surface area contributed by atoms with E-state index in [0.717, 1.165) is 13.2 Å². The van der Waals surface area contributed by atoms with Crippen molar-refractivity contribution in [3.63, 3.8) is 0 Å². The van der Waals surface area contributed by atoms with E-state index in [0.29, 0.717) is 0 Å². The van der Waals surface area contributed by atoms with Gasteiger partial charge in [0.1, 0.15) is 11.9 Å². The lowest BCUT2D eigenvalue weighted by Crippen LogP contribution is -2.61. The zero-order chi connectivity index (χ0) is 22.9. The molecule has 1 rings (SSSR count). The van der Waals surface area contributed by atoms with Gasteiger partial charge in [0.2, 0.25) is 0 Å². The highest BCUT2D eigenvalue weighted by Crippen LogP contribution is 2.55. The predicted octanol–water partition coefficient (Wildman–Crippen LogP) is 6.34. The zero-order valence-corrected chi connectivity index (χ0v) is 15.7. The molecule has 1 aromatic carbocycles. The van der Waals surface area contributed by atoms with Crippen molar-refractivity contribution < 1.29 is 54.0 Å². The molecule has 1 unspecified atom stereocenters. The van der Waals surface area contributed by atoms with Gasteiger partial charge in [0.25, 0.3) is 0 Å². The largest absolute Gasteiger partial charge is 0.496 e. The van der Waals surface area contributed by atoms with Crippen molar-refractivity contribution in [1.29, 1.82) is 0 Å². The topological polar surface area (TPSA) is 27.7 Å². The molecule has 0 N–H and O–H groups in total. The normalized spacial score (nSPS) is 15.3. The molecular formula is C17H19F9O3. The van der Waals surface area contributed by atoms with E-state index in [4.69, 9.17) is 14.5 Å². The molecule has 0 aromatic heterocycles. The lowest BCUT2D eigenvalue weighted by Gasteiger charge is -2.35. The van der Waals surface area contributed by atoms with Gasteiger partial charge >= 0.3 is 23.9 Å². The van der Waals surface area contributed by atoms with Crippen LogP contribution in [0.4, 0.5) is 39.5 Å². The second kappa shape index (κ2) is 8.21. The van der Waals surface area contributed by atoms with Gasteiger partial charge in [-0.3, -0.25) is 0 Å². The fourth-order valence-electron chi connectivity index (χ4n) is 2.10. The number of halogens is 9. The van der Waals surface area contributed by atoms with Crippen molar-refractivity contribution in [2.24, 2.45) is 0 Å². The first kappa shape index (κ1) is 25.3. The third-order valence-corrected chi connectivity index (χ3v) is 3.55. The molecule has 0 bridgehead atoms. The maximum atomic E-state index is 14.1. The lowest BCUT2D eigenvalue weighted by molar-refractivity contribution is -0.413. The fraction of sp³-hybridized carbons (Fsp3) is 0.647. The monoisotopic (exact) mass is 442 g/mol. The van der Waals surface area contributed by atoms with Crippen LogP contribution in [0.25, 0.3) is 0 Å². The summed E-state index contributed by atoms with van der Waals surface area (Å²) in [5, 5.41) is 0. The summed E-state index contributed by atoms with van der Waals surface area (Å²) in [5.74, 6) is -19.7. The second-order valence-electron chi connectivity index (χ2n) is 7.08. The summed E-state index contributed by atoms with van der Waals surface area (Å²) in [6.07, 6.45) is -11.3. The number of methoxy groups -OCH3 is 1. The molecule has 0 saturated heterocycles. The minimum Gasteiger partial charge on any atom is -0.496 e. The van der Waals surface area contributed by atoms with Gasteiger partial charge in [0, 0.05) is 5.56 Å². The first-order valence-corrected chi connectivity index (χ1v) is 8.05. The Morgan fingerprint density at radius 1 is 0.828 bits per heavy atom. The fourth-order valence-corrected chi connectivity index (χ4v) is 2.10. The maximum absolute atomic E-state index is 14.1. The Balaban J connectivity index is 3.36. The van der Waals surface area contributed by atoms with E-state index in [1.165, 1.54) is 39.0 Å². The summed E-state index contributed by atoms with van der Waals surface area (Å²) in [4.78, 5) is 9.56. The third-order valence-electron chi connectivity index (χ3n) is 3.55. The van der Waals surface area contributed by atoms with Crippen LogP contribution >= 0.6 is 0 Å². The SMILES string of the molecule is COc1ccccc1C(CC(F)(F)C(F)(F)C(F)(F)C(F)(F)F)OOC(C)(C)C. The Bertz CT molecular complexity index is 681. The molecule has 0 fully saturated rings. The Hall–Kier alpha value is -1.69. The highest BCUT2D eigenvalue weighted by Gasteiger charge is 2.81. The summed E-state index contributed by atoms with van der Waals surface area (Å²) >= 11 is 0. The Labute approximate surface area is 160 Å². The van der Waals surface area contributed by atoms with Gasteiger partial charge in [-0.25, -0.2) is 9.78 Å². The van der Waals surface area contributed by atoms with Crippen LogP contribution in [0.15, 0.2) is 24.3 Å². The number of rotatable bonds is 8. The van der Waals surface area contributed by atoms with Crippen LogP contribution < -0.4 is 4.74 Å². The number of ether oxygens (including phenoxy) is 1. The van der Waals surface area contributed by atoms with Crippen molar-refractivity contribution in [2.75, 3.05) is 7.11 Å². The first-order chi connectivity index (χ1) is 12.9. The van der Waals surface area contributed by atoms with E-state index in [1.54, 1.807) is 0 Å². The Kier molecular flexibility index (Phi) is 7.18. The van der Waals surface area contributed by atoms with Crippen LogP contribution in [0.5, 0.6) is 5.75 Å². The number of para-hydroxylation sites is 1. The van der Waals surface area contributed by atoms with Crippen LogP contribution in [0, 0.1) is 0 Å². The number of hydrogen-bond acceptors (Lipinski definition) is 3. The molecule has 12 heteroatoms. The summed E-state index contributed by atoms with van der Waals surface area (Å²) in [7, 11) is 1.10. The number of hydrogen-bond donors (Lipinski definition) is 0. The minimum atomic E-state index is -6.99. The number of alkyl halides is 9. The van der Waals surface area contributed by atoms with E-state index in [-0.39, 0.29) is 11.3 Å². The van der Waals surface area contributed by atoms with Crippen LogP contribution in [0.1, 0.15) is 38.9 Å². The average molecular weight is 442 g/mol. The quantitative estimate of drug-likeness (QED) is 0.267. The Morgan fingerprint density at radius 2 is 1.34 bits per heavy atom. The summed E-state index contributed by atoms with van der Waals surface area (Å²) in [5.41, 5.74) is -1.46. The highest BCUT2D eigenvalue weighted by atomic mass is 19.4. The van der Waals surface area contributed by atoms with Gasteiger partial charge in [0.15, 0.2) is 0 Å². The van der Waals surface area contributed by atoms with Crippen molar-refractivity contribution in [2.45, 2.75) is 62.8 Å². The van der Waals surface area contributed by atoms with Crippen molar-refractivity contribution in [3.8, 4) is 5.75 Å². The summed E-state index contributed by atoms with van der Waals surface area (Å²) in [6.45, 7) is 4.20. The van der Waals surface area contributed by atoms with Gasteiger partial charge in [-0.2, -0.15) is 39.5 Å². The highest BCUT2D eigenvalue weighted by molar-refractivity contribution is 5.35. The molecule has 0 amide bonds. The standard InChI is InChI=1S/C17H19F9O3/c1-13(2,3)29-28-12(10-7-5-6-8-11(10)27-4)9-14(18,19)15(20,21)16(22,23)17(24,25)26/h5-8,12H,9H2,1-4H3. The molecule has 3 nitrogen and oxygen atoms in total. The maximum Gasteiger partial charge on any atom is 0.460 e. The molecule has 0 radical (unpaired) electrons. The van der Waals surface area contributed by atoms with Crippen molar-refractivity contribution >= 4 is 0 Å². The van der Waals surface area contributed by atoms with E-state index < -0.39 is 42.1 Å². The molecule has 0 aliphatic carbocycles. The van der Waals surface area contributed by atoms with E-state index >= 15 is 0 Å². The predicted molar refractivity (Wildman–Crippen MR) is 83.2 cm³/mol. The molecule has 1 atom stereocenters. The minimum absolute atomic E-state index is 0.156. The molecule has 168 valence electrons. The third kappa shape index (κ3) is 5.47. The van der Waals surface area contributed by atoms with Crippen LogP contribution in [-0.2, 0) is 9.78 Å². The summed E-state index contributed by atoms with van der Waals surface area (Å²) in [6, 6.07) is 4.97. The summed E-state index contributed by atoms with van der Waals surface area (Å²) < 4.78 is 124. The molecular weight excluding hydrogens is 423 g/mol.